The van der Waals surface area contributed by atoms with Crippen molar-refractivity contribution in [3.05, 3.63) is 71.5 Å². The van der Waals surface area contributed by atoms with Gasteiger partial charge in [0, 0.05) is 19.0 Å². The van der Waals surface area contributed by atoms with E-state index in [1.807, 2.05) is 6.92 Å². The Morgan fingerprint density at radius 2 is 1.82 bits per heavy atom. The Labute approximate surface area is 191 Å². The second kappa shape index (κ2) is 10.4. The van der Waals surface area contributed by atoms with E-state index in [2.05, 4.69) is 15.3 Å². The zero-order chi connectivity index (χ0) is 24.0. The maximum Gasteiger partial charge on any atom is 0.335 e. The predicted molar refractivity (Wildman–Crippen MR) is 123 cm³/mol. The van der Waals surface area contributed by atoms with E-state index in [1.54, 1.807) is 37.4 Å². The number of aromatic nitrogens is 2. The fourth-order valence-corrected chi connectivity index (χ4v) is 3.14. The van der Waals surface area contributed by atoms with E-state index in [9.17, 15) is 19.5 Å². The smallest absolute Gasteiger partial charge is 0.335 e. The van der Waals surface area contributed by atoms with Crippen LogP contribution in [0.1, 0.15) is 46.2 Å². The van der Waals surface area contributed by atoms with E-state index in [0.717, 1.165) is 0 Å². The highest BCUT2D eigenvalue weighted by molar-refractivity contribution is 6.12. The zero-order valence-corrected chi connectivity index (χ0v) is 18.5. The average Bonchev–Trinajstić information content (AvgIpc) is 2.83. The molecule has 2 N–H and O–H groups in total. The van der Waals surface area contributed by atoms with Crippen LogP contribution in [0.25, 0.3) is 0 Å². The van der Waals surface area contributed by atoms with Gasteiger partial charge in [-0.05, 0) is 24.6 Å². The van der Waals surface area contributed by atoms with Crippen molar-refractivity contribution in [2.24, 2.45) is 0 Å². The Hall–Kier alpha value is -4.27. The Balaban J connectivity index is 2.04. The normalized spacial score (nSPS) is 10.4. The molecule has 2 aromatic carbocycles. The topological polar surface area (TPSA) is 122 Å². The van der Waals surface area contributed by atoms with Gasteiger partial charge in [0.1, 0.15) is 11.4 Å². The lowest BCUT2D eigenvalue weighted by Crippen LogP contribution is -2.28. The third-order valence-electron chi connectivity index (χ3n) is 4.91. The third-order valence-corrected chi connectivity index (χ3v) is 4.91. The minimum Gasteiger partial charge on any atom is -0.495 e. The van der Waals surface area contributed by atoms with Gasteiger partial charge in [-0.2, -0.15) is 0 Å². The molecule has 0 radical (unpaired) electrons. The van der Waals surface area contributed by atoms with Crippen LogP contribution in [0.4, 0.5) is 17.3 Å². The lowest BCUT2D eigenvalue weighted by molar-refractivity contribution is -0.118. The van der Waals surface area contributed by atoms with Crippen molar-refractivity contribution >= 4 is 35.0 Å². The summed E-state index contributed by atoms with van der Waals surface area (Å²) in [6.07, 6.45) is 2.40. The van der Waals surface area contributed by atoms with Gasteiger partial charge in [0.05, 0.1) is 30.2 Å². The van der Waals surface area contributed by atoms with Gasteiger partial charge in [-0.3, -0.25) is 9.59 Å². The Morgan fingerprint density at radius 3 is 2.45 bits per heavy atom. The second-order valence-electron chi connectivity index (χ2n) is 7.17. The molecule has 1 heterocycles. The number of ether oxygens (including phenoxy) is 1. The predicted octanol–water partition coefficient (Wildman–Crippen LogP) is 3.92. The molecule has 9 nitrogen and oxygen atoms in total. The van der Waals surface area contributed by atoms with Crippen molar-refractivity contribution < 1.29 is 24.2 Å². The van der Waals surface area contributed by atoms with E-state index in [0.29, 0.717) is 29.8 Å². The number of carbonyl (C=O) groups excluding carboxylic acids is 2. The number of amides is 1. The van der Waals surface area contributed by atoms with Gasteiger partial charge >= 0.3 is 5.97 Å². The van der Waals surface area contributed by atoms with Crippen LogP contribution in [0, 0.1) is 0 Å². The van der Waals surface area contributed by atoms with Gasteiger partial charge in [0.15, 0.2) is 0 Å². The minimum atomic E-state index is -1.09. The molecule has 170 valence electrons. The molecular weight excluding hydrogens is 424 g/mol. The number of methoxy groups -OCH3 is 1. The number of hydrogen-bond acceptors (Lipinski definition) is 7. The summed E-state index contributed by atoms with van der Waals surface area (Å²) < 4.78 is 5.27. The van der Waals surface area contributed by atoms with Gasteiger partial charge in [0.25, 0.3) is 0 Å². The molecule has 0 bridgehead atoms. The molecule has 0 spiro atoms. The average molecular weight is 448 g/mol. The highest BCUT2D eigenvalue weighted by Gasteiger charge is 2.23. The highest BCUT2D eigenvalue weighted by Crippen LogP contribution is 2.29. The molecule has 1 amide bonds. The molecule has 9 heteroatoms. The Kier molecular flexibility index (Phi) is 7.34. The number of hydrogen-bond donors (Lipinski definition) is 2. The number of nitrogens with zero attached hydrogens (tertiary/aromatic N) is 3. The molecule has 0 atom stereocenters. The van der Waals surface area contributed by atoms with Gasteiger partial charge < -0.3 is 20.1 Å². The molecular formula is C24H24N4O5. The monoisotopic (exact) mass is 448 g/mol. The van der Waals surface area contributed by atoms with E-state index >= 15 is 0 Å². The van der Waals surface area contributed by atoms with Gasteiger partial charge in [0.2, 0.25) is 17.6 Å². The Bertz CT molecular complexity index is 1180. The first-order chi connectivity index (χ1) is 15.8. The second-order valence-corrected chi connectivity index (χ2v) is 7.17. The molecule has 3 rings (SSSR count). The third kappa shape index (κ3) is 5.32. The van der Waals surface area contributed by atoms with E-state index < -0.39 is 5.97 Å². The van der Waals surface area contributed by atoms with Crippen molar-refractivity contribution in [2.75, 3.05) is 24.4 Å². The molecule has 0 unspecified atom stereocenters. The summed E-state index contributed by atoms with van der Waals surface area (Å²) in [5.74, 6) is -1.24. The summed E-state index contributed by atoms with van der Waals surface area (Å²) in [5.41, 5.74) is 1.25. The first kappa shape index (κ1) is 23.4. The summed E-state index contributed by atoms with van der Waals surface area (Å²) in [5, 5.41) is 12.1. The van der Waals surface area contributed by atoms with Crippen LogP contribution < -0.4 is 15.0 Å². The standard InChI is InChI=1S/C24H24N4O5/c1-4-8-20(29)28(2)18-14-25-24(27-21(18)22(30)15-9-6-5-7-10-15)26-17-12-11-16(23(31)32)13-19(17)33-3/h5-7,9-14H,4,8H2,1-3H3,(H,31,32)(H,25,26,27). The number of carboxylic acid groups (broad SMARTS) is 1. The summed E-state index contributed by atoms with van der Waals surface area (Å²) in [7, 11) is 2.99. The molecule has 0 aliphatic heterocycles. The minimum absolute atomic E-state index is 0.0599. The summed E-state index contributed by atoms with van der Waals surface area (Å²) in [6, 6.07) is 12.9. The van der Waals surface area contributed by atoms with Crippen LogP contribution in [0.15, 0.2) is 54.7 Å². The fraction of sp³-hybridized carbons (Fsp3) is 0.208. The van der Waals surface area contributed by atoms with Gasteiger partial charge in [-0.25, -0.2) is 14.8 Å². The van der Waals surface area contributed by atoms with Gasteiger partial charge in [-0.15, -0.1) is 0 Å². The van der Waals surface area contributed by atoms with Gasteiger partial charge in [-0.1, -0.05) is 37.3 Å². The largest absolute Gasteiger partial charge is 0.495 e. The van der Waals surface area contributed by atoms with Crippen LogP contribution >= 0.6 is 0 Å². The van der Waals surface area contributed by atoms with E-state index in [1.165, 1.54) is 36.4 Å². The van der Waals surface area contributed by atoms with E-state index in [-0.39, 0.29) is 34.6 Å². The zero-order valence-electron chi connectivity index (χ0n) is 18.5. The lowest BCUT2D eigenvalue weighted by Gasteiger charge is -2.20. The van der Waals surface area contributed by atoms with Crippen LogP contribution in [-0.4, -0.2) is 46.9 Å². The number of nitrogens with one attached hydrogen (secondary N) is 1. The number of ketones is 1. The van der Waals surface area contributed by atoms with Crippen molar-refractivity contribution in [3.63, 3.8) is 0 Å². The van der Waals surface area contributed by atoms with Crippen molar-refractivity contribution in [3.8, 4) is 5.75 Å². The molecule has 3 aromatic rings. The lowest BCUT2D eigenvalue weighted by atomic mass is 10.1. The molecule has 0 saturated heterocycles. The SMILES string of the molecule is CCCC(=O)N(C)c1cnc(Nc2ccc(C(=O)O)cc2OC)nc1C(=O)c1ccccc1. The van der Waals surface area contributed by atoms with Crippen LogP contribution in [0.5, 0.6) is 5.75 Å². The maximum atomic E-state index is 13.3. The van der Waals surface area contributed by atoms with Crippen molar-refractivity contribution in [2.45, 2.75) is 19.8 Å². The van der Waals surface area contributed by atoms with Crippen molar-refractivity contribution in [1.82, 2.24) is 9.97 Å². The van der Waals surface area contributed by atoms with Crippen LogP contribution in [0.3, 0.4) is 0 Å². The van der Waals surface area contributed by atoms with Crippen LogP contribution in [-0.2, 0) is 4.79 Å². The summed E-state index contributed by atoms with van der Waals surface area (Å²) in [6.45, 7) is 1.90. The molecule has 33 heavy (non-hydrogen) atoms. The first-order valence-corrected chi connectivity index (χ1v) is 10.3. The summed E-state index contributed by atoms with van der Waals surface area (Å²) >= 11 is 0. The maximum absolute atomic E-state index is 13.3. The number of aromatic carboxylic acids is 1. The highest BCUT2D eigenvalue weighted by atomic mass is 16.5. The van der Waals surface area contributed by atoms with Crippen molar-refractivity contribution in [1.29, 1.82) is 0 Å². The number of carbonyl (C=O) groups is 3. The summed E-state index contributed by atoms with van der Waals surface area (Å²) in [4.78, 5) is 47.0. The molecule has 0 fully saturated rings. The quantitative estimate of drug-likeness (QED) is 0.473. The number of rotatable bonds is 9. The molecule has 0 aliphatic rings. The number of benzene rings is 2. The number of anilines is 3. The number of carboxylic acids is 1. The first-order valence-electron chi connectivity index (χ1n) is 10.3. The van der Waals surface area contributed by atoms with E-state index in [4.69, 9.17) is 4.74 Å². The Morgan fingerprint density at radius 1 is 1.09 bits per heavy atom. The van der Waals surface area contributed by atoms with Crippen LogP contribution in [0.2, 0.25) is 0 Å². The molecule has 1 aromatic heterocycles. The molecule has 0 saturated carbocycles. The fourth-order valence-electron chi connectivity index (χ4n) is 3.14. The molecule has 0 aliphatic carbocycles.